The first-order valence-corrected chi connectivity index (χ1v) is 7.93. The smallest absolute Gasteiger partial charge is 0.388 e. The molecule has 1 aromatic carbocycles. The average molecular weight is 375 g/mol. The molecule has 2 heterocycles. The third-order valence-electron chi connectivity index (χ3n) is 4.51. The minimum absolute atomic E-state index is 0. The van der Waals surface area contributed by atoms with Gasteiger partial charge < -0.3 is 15.1 Å². The lowest BCUT2D eigenvalue weighted by molar-refractivity contribution is 0.166. The number of nitrogens with zero attached hydrogens (tertiary/aromatic N) is 1. The Morgan fingerprint density at radius 3 is 2.84 bits per heavy atom. The Hall–Kier alpha value is -1.93. The molecule has 9 heteroatoms. The number of alkyl halides is 1. The largest absolute Gasteiger partial charge is 0.434 e. The molecule has 0 spiro atoms. The van der Waals surface area contributed by atoms with Crippen molar-refractivity contribution in [3.8, 4) is 11.5 Å². The number of rotatable bonds is 4. The van der Waals surface area contributed by atoms with E-state index < -0.39 is 17.7 Å². The van der Waals surface area contributed by atoms with Gasteiger partial charge in [-0.15, -0.1) is 17.5 Å². The topological polar surface area (TPSA) is 83.0 Å². The summed E-state index contributed by atoms with van der Waals surface area (Å²) in [6.07, 6.45) is -0.232. The van der Waals surface area contributed by atoms with Crippen LogP contribution in [0.25, 0.3) is 11.5 Å². The summed E-state index contributed by atoms with van der Waals surface area (Å²) in [5.74, 6) is -1.29. The molecule has 0 amide bonds. The molecule has 3 atom stereocenters. The molecular formula is C16H21ClF2N4O2. The van der Waals surface area contributed by atoms with Gasteiger partial charge in [-0.3, -0.25) is 0 Å². The van der Waals surface area contributed by atoms with Crippen molar-refractivity contribution in [2.75, 3.05) is 18.4 Å². The van der Waals surface area contributed by atoms with Gasteiger partial charge in [-0.2, -0.15) is 0 Å². The first-order valence-electron chi connectivity index (χ1n) is 7.93. The second kappa shape index (κ2) is 7.97. The van der Waals surface area contributed by atoms with Crippen LogP contribution >= 0.6 is 12.4 Å². The molecule has 2 aromatic rings. The molecule has 0 bridgehead atoms. The number of benzene rings is 1. The highest BCUT2D eigenvalue weighted by Gasteiger charge is 2.29. The molecule has 1 unspecified atom stereocenters. The van der Waals surface area contributed by atoms with Gasteiger partial charge in [0.1, 0.15) is 12.0 Å². The van der Waals surface area contributed by atoms with Crippen molar-refractivity contribution < 1.29 is 13.2 Å². The SMILES string of the molecule is Cc1c(F)cc(-c2n[nH]c(=O)o2)cc1NC(C)[C@H]1CCNC[C@H]1F.Cl. The maximum absolute atomic E-state index is 14.2. The summed E-state index contributed by atoms with van der Waals surface area (Å²) in [6.45, 7) is 4.64. The van der Waals surface area contributed by atoms with Crippen LogP contribution in [0.5, 0.6) is 0 Å². The van der Waals surface area contributed by atoms with Crippen molar-refractivity contribution in [2.24, 2.45) is 5.92 Å². The molecule has 0 saturated carbocycles. The molecule has 138 valence electrons. The third-order valence-corrected chi connectivity index (χ3v) is 4.51. The lowest BCUT2D eigenvalue weighted by Crippen LogP contribution is -2.44. The zero-order valence-corrected chi connectivity index (χ0v) is 14.8. The molecule has 1 aromatic heterocycles. The van der Waals surface area contributed by atoms with Gasteiger partial charge in [0.2, 0.25) is 5.89 Å². The van der Waals surface area contributed by atoms with E-state index in [4.69, 9.17) is 4.42 Å². The molecule has 6 nitrogen and oxygen atoms in total. The van der Waals surface area contributed by atoms with Crippen LogP contribution in [0.3, 0.4) is 0 Å². The number of piperidine rings is 1. The number of H-pyrrole nitrogens is 1. The Morgan fingerprint density at radius 2 is 2.20 bits per heavy atom. The van der Waals surface area contributed by atoms with Gasteiger partial charge in [0, 0.05) is 35.3 Å². The van der Waals surface area contributed by atoms with E-state index in [-0.39, 0.29) is 30.3 Å². The van der Waals surface area contributed by atoms with Crippen LogP contribution in [0.2, 0.25) is 0 Å². The van der Waals surface area contributed by atoms with Crippen molar-refractivity contribution >= 4 is 18.1 Å². The number of hydrogen-bond acceptors (Lipinski definition) is 5. The standard InChI is InChI=1S/C16H20F2N4O2.ClH/c1-8-12(17)5-10(15-21-22-16(23)24-15)6-14(8)20-9(2)11-3-4-19-7-13(11)18;/h5-6,9,11,13,19-20H,3-4,7H2,1-2H3,(H,22,23);1H/t9?,11-,13-;/m1./s1. The summed E-state index contributed by atoms with van der Waals surface area (Å²) >= 11 is 0. The van der Waals surface area contributed by atoms with Gasteiger partial charge in [0.05, 0.1) is 0 Å². The first kappa shape index (κ1) is 19.4. The number of hydrogen-bond donors (Lipinski definition) is 3. The van der Waals surface area contributed by atoms with Crippen molar-refractivity contribution in [2.45, 2.75) is 32.5 Å². The summed E-state index contributed by atoms with van der Waals surface area (Å²) in [7, 11) is 0. The quantitative estimate of drug-likeness (QED) is 0.766. The van der Waals surface area contributed by atoms with E-state index >= 15 is 0 Å². The van der Waals surface area contributed by atoms with Crippen molar-refractivity contribution in [1.82, 2.24) is 15.5 Å². The first-order chi connectivity index (χ1) is 11.5. The molecule has 1 saturated heterocycles. The maximum atomic E-state index is 14.2. The third kappa shape index (κ3) is 4.19. The average Bonchev–Trinajstić information content (AvgIpc) is 2.98. The fraction of sp³-hybridized carbons (Fsp3) is 0.500. The summed E-state index contributed by atoms with van der Waals surface area (Å²) in [6, 6.07) is 2.75. The van der Waals surface area contributed by atoms with Crippen LogP contribution < -0.4 is 16.4 Å². The van der Waals surface area contributed by atoms with Crippen molar-refractivity contribution in [3.05, 3.63) is 34.1 Å². The summed E-state index contributed by atoms with van der Waals surface area (Å²) in [5.41, 5.74) is 1.30. The highest BCUT2D eigenvalue weighted by Crippen LogP contribution is 2.29. The summed E-state index contributed by atoms with van der Waals surface area (Å²) < 4.78 is 33.2. The van der Waals surface area contributed by atoms with Crippen molar-refractivity contribution in [1.29, 1.82) is 0 Å². The Balaban J connectivity index is 0.00000225. The van der Waals surface area contributed by atoms with Gasteiger partial charge in [-0.25, -0.2) is 18.7 Å². The van der Waals surface area contributed by atoms with E-state index in [1.54, 1.807) is 13.0 Å². The lowest BCUT2D eigenvalue weighted by atomic mass is 9.89. The monoisotopic (exact) mass is 374 g/mol. The molecule has 25 heavy (non-hydrogen) atoms. The fourth-order valence-electron chi connectivity index (χ4n) is 3.06. The molecule has 0 aliphatic carbocycles. The van der Waals surface area contributed by atoms with Gasteiger partial charge in [0.15, 0.2) is 0 Å². The Bertz CT molecular complexity index is 780. The second-order valence-corrected chi connectivity index (χ2v) is 6.15. The van der Waals surface area contributed by atoms with Crippen molar-refractivity contribution in [3.63, 3.8) is 0 Å². The molecule has 3 N–H and O–H groups in total. The van der Waals surface area contributed by atoms with Gasteiger partial charge in [-0.1, -0.05) is 0 Å². The van der Waals surface area contributed by atoms with Crippen LogP contribution in [0.1, 0.15) is 18.9 Å². The fourth-order valence-corrected chi connectivity index (χ4v) is 3.06. The number of aromatic nitrogens is 2. The normalized spacial score (nSPS) is 21.4. The predicted octanol–water partition coefficient (Wildman–Crippen LogP) is 2.65. The highest BCUT2D eigenvalue weighted by molar-refractivity contribution is 5.85. The molecule has 0 radical (unpaired) electrons. The van der Waals surface area contributed by atoms with E-state index in [0.29, 0.717) is 29.8 Å². The molecule has 3 rings (SSSR count). The van der Waals surface area contributed by atoms with E-state index in [1.165, 1.54) is 6.07 Å². The summed E-state index contributed by atoms with van der Waals surface area (Å²) in [5, 5.41) is 12.1. The van der Waals surface area contributed by atoms with Crippen LogP contribution in [0.15, 0.2) is 21.3 Å². The van der Waals surface area contributed by atoms with Crippen LogP contribution in [-0.4, -0.2) is 35.5 Å². The summed E-state index contributed by atoms with van der Waals surface area (Å²) in [4.78, 5) is 11.1. The van der Waals surface area contributed by atoms with Crippen LogP contribution in [-0.2, 0) is 0 Å². The van der Waals surface area contributed by atoms with E-state index in [0.717, 1.165) is 6.54 Å². The minimum Gasteiger partial charge on any atom is -0.388 e. The molecule has 1 aliphatic rings. The predicted molar refractivity (Wildman–Crippen MR) is 93.5 cm³/mol. The Morgan fingerprint density at radius 1 is 1.44 bits per heavy atom. The highest BCUT2D eigenvalue weighted by atomic mass is 35.5. The second-order valence-electron chi connectivity index (χ2n) is 6.15. The maximum Gasteiger partial charge on any atom is 0.434 e. The zero-order chi connectivity index (χ0) is 17.3. The molecular weight excluding hydrogens is 354 g/mol. The van der Waals surface area contributed by atoms with Gasteiger partial charge >= 0.3 is 5.76 Å². The van der Waals surface area contributed by atoms with Crippen LogP contribution in [0.4, 0.5) is 14.5 Å². The van der Waals surface area contributed by atoms with E-state index in [1.807, 2.05) is 6.92 Å². The number of anilines is 1. The Kier molecular flexibility index (Phi) is 6.18. The molecule has 1 aliphatic heterocycles. The van der Waals surface area contributed by atoms with Gasteiger partial charge in [-0.05, 0) is 38.9 Å². The van der Waals surface area contributed by atoms with Crippen LogP contribution in [0, 0.1) is 18.7 Å². The molecule has 1 fully saturated rings. The number of aromatic amines is 1. The number of nitrogens with one attached hydrogen (secondary N) is 3. The number of halogens is 3. The van der Waals surface area contributed by atoms with E-state index in [2.05, 4.69) is 20.8 Å². The zero-order valence-electron chi connectivity index (χ0n) is 13.9. The van der Waals surface area contributed by atoms with E-state index in [9.17, 15) is 13.6 Å². The lowest BCUT2D eigenvalue weighted by Gasteiger charge is -2.32. The Labute approximate surface area is 149 Å². The van der Waals surface area contributed by atoms with Gasteiger partial charge in [0.25, 0.3) is 0 Å². The minimum atomic E-state index is -0.945.